The molecule has 0 spiro atoms. The summed E-state index contributed by atoms with van der Waals surface area (Å²) in [5.41, 5.74) is 28.9. The van der Waals surface area contributed by atoms with Gasteiger partial charge in [-0.15, -0.1) is 0 Å². The van der Waals surface area contributed by atoms with Crippen molar-refractivity contribution >= 4 is 87.2 Å². The van der Waals surface area contributed by atoms with Gasteiger partial charge in [-0.05, 0) is 188 Å². The molecule has 468 valence electrons. The van der Waals surface area contributed by atoms with Gasteiger partial charge in [0, 0.05) is 65.8 Å². The van der Waals surface area contributed by atoms with Gasteiger partial charge in [0.05, 0.1) is 44.1 Å². The van der Waals surface area contributed by atoms with Crippen molar-refractivity contribution in [3.8, 4) is 89.5 Å². The zero-order valence-electron chi connectivity index (χ0n) is 54.7. The molecule has 0 aliphatic rings. The predicted molar refractivity (Wildman–Crippen MR) is 423 cm³/mol. The third-order valence-electron chi connectivity index (χ3n) is 20.2. The van der Waals surface area contributed by atoms with E-state index in [-0.39, 0.29) is 0 Å². The third-order valence-corrected chi connectivity index (χ3v) is 20.2. The van der Waals surface area contributed by atoms with Gasteiger partial charge >= 0.3 is 0 Å². The molecule has 0 unspecified atom stereocenters. The molecule has 0 amide bonds. The lowest BCUT2D eigenvalue weighted by Crippen LogP contribution is -1.94. The molecule has 0 aliphatic carbocycles. The number of para-hydroxylation sites is 4. The number of hydrogen-bond acceptors (Lipinski definition) is 0. The van der Waals surface area contributed by atoms with E-state index in [4.69, 9.17) is 0 Å². The molecule has 16 aromatic carbocycles. The number of fused-ring (bicyclic) bond motifs is 12. The van der Waals surface area contributed by atoms with Crippen LogP contribution in [0.25, 0.3) is 177 Å². The van der Waals surface area contributed by atoms with Crippen LogP contribution in [0.3, 0.4) is 0 Å². The average molecular weight is 1270 g/mol. The van der Waals surface area contributed by atoms with E-state index in [1.54, 1.807) is 0 Å². The minimum absolute atomic E-state index is 1.16. The van der Waals surface area contributed by atoms with E-state index in [1.807, 2.05) is 0 Å². The van der Waals surface area contributed by atoms with E-state index in [0.29, 0.717) is 0 Å². The van der Waals surface area contributed by atoms with Gasteiger partial charge < -0.3 is 18.3 Å². The number of hydrogen-bond donors (Lipinski definition) is 0. The number of benzene rings is 16. The van der Waals surface area contributed by atoms with Crippen molar-refractivity contribution in [3.05, 3.63) is 388 Å². The van der Waals surface area contributed by atoms with Gasteiger partial charge in [-0.2, -0.15) is 0 Å². The second kappa shape index (κ2) is 24.4. The molecule has 0 atom stereocenters. The molecular formula is C96H64N4. The lowest BCUT2D eigenvalue weighted by atomic mass is 10.0. The normalized spacial score (nSPS) is 11.6. The SMILES string of the molecule is c1ccc(-c2ccc(-n3c4ccccc4c4cc(-c5ccc6c(c5)c5ccccc5n6-c5cccc(-c6ccccc6)c5)ccc43)cc2)cc1.c1ccc(-c2cccc(-n3c4ccccc4c4cc(-c5ccc6c(c5)c5ccccc5n6-c5cccc(-c6ccccc6)c5)ccc43)c2)cc1. The van der Waals surface area contributed by atoms with Crippen LogP contribution >= 0.6 is 0 Å². The highest BCUT2D eigenvalue weighted by Gasteiger charge is 2.20. The first kappa shape index (κ1) is 58.1. The zero-order valence-corrected chi connectivity index (χ0v) is 54.7. The Bertz CT molecular complexity index is 6290. The fraction of sp³-hybridized carbons (Fsp3) is 0. The summed E-state index contributed by atoms with van der Waals surface area (Å²) in [6.07, 6.45) is 0. The maximum atomic E-state index is 2.40. The van der Waals surface area contributed by atoms with E-state index in [9.17, 15) is 0 Å². The molecule has 4 heterocycles. The zero-order chi connectivity index (χ0) is 66.0. The van der Waals surface area contributed by atoms with Crippen LogP contribution in [-0.2, 0) is 0 Å². The molecule has 20 rings (SSSR count). The molecule has 100 heavy (non-hydrogen) atoms. The largest absolute Gasteiger partial charge is 0.309 e. The Balaban J connectivity index is 0.000000139. The van der Waals surface area contributed by atoms with Gasteiger partial charge in [0.25, 0.3) is 0 Å². The van der Waals surface area contributed by atoms with Gasteiger partial charge in [0.15, 0.2) is 0 Å². The fourth-order valence-electron chi connectivity index (χ4n) is 15.5. The van der Waals surface area contributed by atoms with Crippen LogP contribution in [0.5, 0.6) is 0 Å². The summed E-state index contributed by atoms with van der Waals surface area (Å²) < 4.78 is 9.60. The Morgan fingerprint density at radius 3 is 0.600 bits per heavy atom. The molecule has 0 saturated carbocycles. The maximum Gasteiger partial charge on any atom is 0.0541 e. The van der Waals surface area contributed by atoms with Gasteiger partial charge in [0.2, 0.25) is 0 Å². The highest BCUT2D eigenvalue weighted by molar-refractivity contribution is 6.15. The molecule has 0 fully saturated rings. The second-order valence-corrected chi connectivity index (χ2v) is 26.0. The van der Waals surface area contributed by atoms with E-state index < -0.39 is 0 Å². The quantitative estimate of drug-likeness (QED) is 0.130. The number of aromatic nitrogens is 4. The molecule has 0 bridgehead atoms. The van der Waals surface area contributed by atoms with Crippen molar-refractivity contribution in [1.82, 2.24) is 18.3 Å². The van der Waals surface area contributed by atoms with Crippen LogP contribution in [0.15, 0.2) is 388 Å². The second-order valence-electron chi connectivity index (χ2n) is 26.0. The van der Waals surface area contributed by atoms with Crippen molar-refractivity contribution in [2.45, 2.75) is 0 Å². The summed E-state index contributed by atoms with van der Waals surface area (Å²) in [6, 6.07) is 141. The topological polar surface area (TPSA) is 19.7 Å². The molecule has 0 aliphatic heterocycles. The molecule has 0 N–H and O–H groups in total. The first-order valence-electron chi connectivity index (χ1n) is 34.4. The van der Waals surface area contributed by atoms with E-state index >= 15 is 0 Å². The average Bonchev–Trinajstić information content (AvgIpc) is 1.60. The standard InChI is InChI=1S/2C48H32N2/c1-3-13-33(14-4-1)35-17-11-19-39(29-35)49-45-23-9-7-21-41(45)43-31-37(25-27-47(43)49)38-26-28-48-44(32-38)42-22-8-10-24-46(42)50(48)40-20-12-18-36(30-40)34-15-5-2-6-16-34;1-3-12-33(13-4-1)35-22-26-39(27-23-35)49-45-20-9-7-18-41(45)43-31-37(24-28-47(43)49)38-25-29-48-44(32-38)42-19-8-10-21-46(42)50(48)40-17-11-16-36(30-40)34-14-5-2-6-15-34/h2*1-32H. The van der Waals surface area contributed by atoms with Crippen LogP contribution in [0.4, 0.5) is 0 Å². The Hall–Kier alpha value is -13.3. The monoisotopic (exact) mass is 1270 g/mol. The minimum atomic E-state index is 1.16. The molecule has 4 nitrogen and oxygen atoms in total. The molecule has 0 radical (unpaired) electrons. The van der Waals surface area contributed by atoms with Gasteiger partial charge in [-0.3, -0.25) is 0 Å². The van der Waals surface area contributed by atoms with Crippen LogP contribution in [0.1, 0.15) is 0 Å². The van der Waals surface area contributed by atoms with Crippen molar-refractivity contribution in [2.24, 2.45) is 0 Å². The van der Waals surface area contributed by atoms with E-state index in [0.717, 1.165) is 22.7 Å². The lowest BCUT2D eigenvalue weighted by Gasteiger charge is -2.11. The van der Waals surface area contributed by atoms with Gasteiger partial charge in [-0.25, -0.2) is 0 Å². The lowest BCUT2D eigenvalue weighted by molar-refractivity contribution is 1.18. The van der Waals surface area contributed by atoms with Crippen LogP contribution in [-0.4, -0.2) is 18.3 Å². The first-order valence-corrected chi connectivity index (χ1v) is 34.4. The highest BCUT2D eigenvalue weighted by atomic mass is 15.0. The smallest absolute Gasteiger partial charge is 0.0541 e. The molecule has 20 aromatic rings. The van der Waals surface area contributed by atoms with Crippen molar-refractivity contribution in [1.29, 1.82) is 0 Å². The first-order chi connectivity index (χ1) is 49.6. The maximum absolute atomic E-state index is 2.40. The van der Waals surface area contributed by atoms with Crippen LogP contribution in [0, 0.1) is 0 Å². The van der Waals surface area contributed by atoms with Crippen LogP contribution < -0.4 is 0 Å². The third kappa shape index (κ3) is 10.1. The van der Waals surface area contributed by atoms with Gasteiger partial charge in [-0.1, -0.05) is 267 Å². The minimum Gasteiger partial charge on any atom is -0.309 e. The number of nitrogens with zero attached hydrogens (tertiary/aromatic N) is 4. The Kier molecular flexibility index (Phi) is 14.2. The van der Waals surface area contributed by atoms with Crippen LogP contribution in [0.2, 0.25) is 0 Å². The van der Waals surface area contributed by atoms with E-state index in [2.05, 4.69) is 407 Å². The number of rotatable bonds is 10. The summed E-state index contributed by atoms with van der Waals surface area (Å²) in [5, 5.41) is 10.0. The summed E-state index contributed by atoms with van der Waals surface area (Å²) in [7, 11) is 0. The summed E-state index contributed by atoms with van der Waals surface area (Å²) >= 11 is 0. The molecule has 0 saturated heterocycles. The summed E-state index contributed by atoms with van der Waals surface area (Å²) in [6.45, 7) is 0. The summed E-state index contributed by atoms with van der Waals surface area (Å²) in [4.78, 5) is 0. The van der Waals surface area contributed by atoms with Crippen molar-refractivity contribution in [2.75, 3.05) is 0 Å². The molecule has 4 heteroatoms. The highest BCUT2D eigenvalue weighted by Crippen LogP contribution is 2.42. The molecule has 4 aromatic heterocycles. The van der Waals surface area contributed by atoms with Crippen molar-refractivity contribution < 1.29 is 0 Å². The Morgan fingerprint density at radius 2 is 0.310 bits per heavy atom. The van der Waals surface area contributed by atoms with Crippen molar-refractivity contribution in [3.63, 3.8) is 0 Å². The summed E-state index contributed by atoms with van der Waals surface area (Å²) in [5.74, 6) is 0. The van der Waals surface area contributed by atoms with Gasteiger partial charge in [0.1, 0.15) is 0 Å². The Morgan fingerprint density at radius 1 is 0.110 bits per heavy atom. The molecular weight excluding hydrogens is 1210 g/mol. The van der Waals surface area contributed by atoms with E-state index in [1.165, 1.54) is 154 Å². The Labute approximate surface area is 579 Å². The predicted octanol–water partition coefficient (Wildman–Crippen LogP) is 25.8. The fourth-order valence-corrected chi connectivity index (χ4v) is 15.5.